The van der Waals surface area contributed by atoms with Gasteiger partial charge in [-0.05, 0) is 24.3 Å². The third-order valence-electron chi connectivity index (χ3n) is 3.91. The molecule has 0 bridgehead atoms. The highest BCUT2D eigenvalue weighted by atomic mass is 35.5. The molecule has 0 saturated carbocycles. The van der Waals surface area contributed by atoms with Crippen molar-refractivity contribution in [1.29, 1.82) is 0 Å². The maximum Gasteiger partial charge on any atom is 0.276 e. The monoisotopic (exact) mass is 378 g/mol. The summed E-state index contributed by atoms with van der Waals surface area (Å²) in [4.78, 5) is 4.60. The number of benzene rings is 2. The van der Waals surface area contributed by atoms with E-state index in [1.807, 2.05) is 12.1 Å². The molecule has 8 heteroatoms. The number of nitrogens with zero attached hydrogens (tertiary/aromatic N) is 2. The molecule has 1 aliphatic heterocycles. The molecule has 2 aromatic rings. The Morgan fingerprint density at radius 2 is 1.80 bits per heavy atom. The lowest BCUT2D eigenvalue weighted by atomic mass is 10.1. The number of sulfonamides is 1. The lowest BCUT2D eigenvalue weighted by Gasteiger charge is -2.30. The average Bonchev–Trinajstić information content (AvgIpc) is 2.64. The molecule has 0 aromatic heterocycles. The minimum atomic E-state index is -3.70. The number of hydrogen-bond donors (Lipinski definition) is 2. The predicted molar refractivity (Wildman–Crippen MR) is 101 cm³/mol. The fourth-order valence-corrected chi connectivity index (χ4v) is 3.68. The molecule has 0 aliphatic carbocycles. The van der Waals surface area contributed by atoms with E-state index in [9.17, 15) is 8.42 Å². The molecule has 0 radical (unpaired) electrons. The summed E-state index contributed by atoms with van der Waals surface area (Å²) in [5.74, 6) is 0. The molecule has 2 N–H and O–H groups in total. The average molecular weight is 379 g/mol. The summed E-state index contributed by atoms with van der Waals surface area (Å²) in [5, 5.41) is 7.74. The molecular formula is C17H19ClN4O2S. The zero-order valence-corrected chi connectivity index (χ0v) is 15.1. The van der Waals surface area contributed by atoms with Crippen molar-refractivity contribution >= 4 is 33.5 Å². The van der Waals surface area contributed by atoms with Crippen molar-refractivity contribution in [2.45, 2.75) is 4.90 Å². The molecule has 2 aromatic carbocycles. The van der Waals surface area contributed by atoms with E-state index in [1.165, 1.54) is 18.3 Å². The fraction of sp³-hybridized carbons (Fsp3) is 0.235. The van der Waals surface area contributed by atoms with Gasteiger partial charge in [0.1, 0.15) is 0 Å². The van der Waals surface area contributed by atoms with Crippen LogP contribution < -0.4 is 15.0 Å². The molecule has 25 heavy (non-hydrogen) atoms. The van der Waals surface area contributed by atoms with Crippen LogP contribution in [0.25, 0.3) is 0 Å². The smallest absolute Gasteiger partial charge is 0.276 e. The van der Waals surface area contributed by atoms with Gasteiger partial charge in [0, 0.05) is 37.4 Å². The summed E-state index contributed by atoms with van der Waals surface area (Å²) >= 11 is 6.30. The Morgan fingerprint density at radius 1 is 1.08 bits per heavy atom. The number of anilines is 1. The second kappa shape index (κ2) is 7.86. The van der Waals surface area contributed by atoms with Crippen molar-refractivity contribution in [3.63, 3.8) is 0 Å². The number of hydrazone groups is 1. The van der Waals surface area contributed by atoms with Gasteiger partial charge in [0.2, 0.25) is 0 Å². The summed E-state index contributed by atoms with van der Waals surface area (Å²) in [6.07, 6.45) is 1.46. The van der Waals surface area contributed by atoms with Gasteiger partial charge in [-0.3, -0.25) is 0 Å². The lowest BCUT2D eigenvalue weighted by Crippen LogP contribution is -2.43. The molecule has 0 unspecified atom stereocenters. The molecule has 1 fully saturated rings. The highest BCUT2D eigenvalue weighted by Crippen LogP contribution is 2.26. The topological polar surface area (TPSA) is 73.8 Å². The van der Waals surface area contributed by atoms with E-state index in [4.69, 9.17) is 11.6 Å². The normalized spacial score (nSPS) is 15.5. The van der Waals surface area contributed by atoms with Crippen molar-refractivity contribution < 1.29 is 8.42 Å². The van der Waals surface area contributed by atoms with Crippen molar-refractivity contribution in [2.24, 2.45) is 5.10 Å². The van der Waals surface area contributed by atoms with Gasteiger partial charge < -0.3 is 10.2 Å². The molecule has 6 nitrogen and oxygen atoms in total. The molecule has 3 rings (SSSR count). The van der Waals surface area contributed by atoms with E-state index >= 15 is 0 Å². The van der Waals surface area contributed by atoms with E-state index in [-0.39, 0.29) is 4.90 Å². The van der Waals surface area contributed by atoms with Gasteiger partial charge in [0.05, 0.1) is 16.1 Å². The molecule has 0 spiro atoms. The van der Waals surface area contributed by atoms with Crippen molar-refractivity contribution in [3.8, 4) is 0 Å². The zero-order chi connectivity index (χ0) is 17.7. The zero-order valence-electron chi connectivity index (χ0n) is 13.5. The van der Waals surface area contributed by atoms with Crippen LogP contribution >= 0.6 is 11.6 Å². The Labute approximate surface area is 152 Å². The van der Waals surface area contributed by atoms with Crippen LogP contribution in [0.3, 0.4) is 0 Å². The molecule has 0 atom stereocenters. The number of hydrogen-bond acceptors (Lipinski definition) is 5. The first-order valence-electron chi connectivity index (χ1n) is 7.92. The third-order valence-corrected chi connectivity index (χ3v) is 5.48. The molecule has 1 saturated heterocycles. The maximum absolute atomic E-state index is 12.2. The Balaban J connectivity index is 1.81. The Bertz CT molecular complexity index is 850. The first kappa shape index (κ1) is 17.7. The number of halogens is 1. The standard InChI is InChI=1S/C17H19ClN4O2S/c18-16-7-4-8-17(22-11-9-19-10-12-22)15(16)13-20-21-25(23,24)14-5-2-1-3-6-14/h1-8,13,19,21H,9-12H2. The van der Waals surface area contributed by atoms with Gasteiger partial charge in [-0.1, -0.05) is 35.9 Å². The molecule has 1 heterocycles. The highest BCUT2D eigenvalue weighted by Gasteiger charge is 2.16. The minimum Gasteiger partial charge on any atom is -0.368 e. The van der Waals surface area contributed by atoms with Gasteiger partial charge in [0.25, 0.3) is 10.0 Å². The summed E-state index contributed by atoms with van der Waals surface area (Å²) in [7, 11) is -3.70. The largest absolute Gasteiger partial charge is 0.368 e. The quantitative estimate of drug-likeness (QED) is 0.617. The van der Waals surface area contributed by atoms with Crippen LogP contribution in [0.1, 0.15) is 5.56 Å². The van der Waals surface area contributed by atoms with Crippen LogP contribution in [-0.4, -0.2) is 40.8 Å². The predicted octanol–water partition coefficient (Wildman–Crippen LogP) is 2.06. The van der Waals surface area contributed by atoms with Crippen molar-refractivity contribution in [2.75, 3.05) is 31.1 Å². The van der Waals surface area contributed by atoms with Crippen molar-refractivity contribution in [3.05, 3.63) is 59.1 Å². The van der Waals surface area contributed by atoms with Gasteiger partial charge in [-0.25, -0.2) is 4.83 Å². The van der Waals surface area contributed by atoms with E-state index < -0.39 is 10.0 Å². The molecule has 1 aliphatic rings. The molecule has 0 amide bonds. The summed E-state index contributed by atoms with van der Waals surface area (Å²) in [6, 6.07) is 13.7. The molecular weight excluding hydrogens is 360 g/mol. The van der Waals surface area contributed by atoms with Crippen molar-refractivity contribution in [1.82, 2.24) is 10.1 Å². The first-order chi connectivity index (χ1) is 12.1. The Kier molecular flexibility index (Phi) is 5.57. The van der Waals surface area contributed by atoms with Gasteiger partial charge in [-0.15, -0.1) is 0 Å². The third kappa shape index (κ3) is 4.31. The SMILES string of the molecule is O=S(=O)(NN=Cc1c(Cl)cccc1N1CCNCC1)c1ccccc1. The fourth-order valence-electron chi connectivity index (χ4n) is 2.65. The minimum absolute atomic E-state index is 0.161. The number of piperazine rings is 1. The van der Waals surface area contributed by atoms with Crippen LogP contribution in [0.2, 0.25) is 5.02 Å². The second-order valence-corrected chi connectivity index (χ2v) is 7.64. The number of rotatable bonds is 5. The van der Waals surface area contributed by atoms with Gasteiger partial charge >= 0.3 is 0 Å². The highest BCUT2D eigenvalue weighted by molar-refractivity contribution is 7.89. The van der Waals surface area contributed by atoms with Gasteiger partial charge in [0.15, 0.2) is 0 Å². The Morgan fingerprint density at radius 3 is 2.52 bits per heavy atom. The summed E-state index contributed by atoms with van der Waals surface area (Å²) in [6.45, 7) is 3.50. The van der Waals surface area contributed by atoms with Crippen LogP contribution in [0.5, 0.6) is 0 Å². The van der Waals surface area contributed by atoms with Crippen LogP contribution in [0, 0.1) is 0 Å². The lowest BCUT2D eigenvalue weighted by molar-refractivity contribution is 0.584. The Hall–Kier alpha value is -2.09. The van der Waals surface area contributed by atoms with Gasteiger partial charge in [-0.2, -0.15) is 13.5 Å². The molecule has 132 valence electrons. The second-order valence-electron chi connectivity index (χ2n) is 5.58. The van der Waals surface area contributed by atoms with Crippen LogP contribution in [0.15, 0.2) is 58.5 Å². The van der Waals surface area contributed by atoms with E-state index in [0.717, 1.165) is 31.9 Å². The van der Waals surface area contributed by atoms with E-state index in [2.05, 4.69) is 20.1 Å². The van der Waals surface area contributed by atoms with Crippen LogP contribution in [-0.2, 0) is 10.0 Å². The number of nitrogens with one attached hydrogen (secondary N) is 2. The van der Waals surface area contributed by atoms with Crippen LogP contribution in [0.4, 0.5) is 5.69 Å². The first-order valence-corrected chi connectivity index (χ1v) is 9.78. The maximum atomic E-state index is 12.2. The van der Waals surface area contributed by atoms with E-state index in [0.29, 0.717) is 10.6 Å². The summed E-state index contributed by atoms with van der Waals surface area (Å²) < 4.78 is 24.4. The summed E-state index contributed by atoms with van der Waals surface area (Å²) in [5.41, 5.74) is 1.64. The van der Waals surface area contributed by atoms with E-state index in [1.54, 1.807) is 24.3 Å².